The zero-order valence-corrected chi connectivity index (χ0v) is 66.9. The van der Waals surface area contributed by atoms with E-state index in [1.165, 1.54) is 205 Å². The van der Waals surface area contributed by atoms with E-state index in [1.54, 1.807) is 0 Å². The molecule has 0 spiro atoms. The molecule has 0 aliphatic rings. The Labute approximate surface area is 607 Å². The van der Waals surface area contributed by atoms with Crippen molar-refractivity contribution in [2.75, 3.05) is 39.6 Å². The number of rotatable bonds is 77. The number of phosphoric acid groups is 2. The van der Waals surface area contributed by atoms with Crippen molar-refractivity contribution in [3.8, 4) is 0 Å². The summed E-state index contributed by atoms with van der Waals surface area (Å²) in [7, 11) is -9.92. The molecule has 0 aromatic heterocycles. The van der Waals surface area contributed by atoms with Crippen molar-refractivity contribution >= 4 is 39.5 Å². The first-order chi connectivity index (χ1) is 47.6. The molecule has 99 heavy (non-hydrogen) atoms. The highest BCUT2D eigenvalue weighted by Gasteiger charge is 2.30. The standard InChI is InChI=1S/C80H156O17P2/c1-9-73(8)59-51-43-34-28-24-20-16-12-10-11-13-17-22-26-30-36-46-54-62-79(84)96-75(66-90-77(82)60-52-44-35-29-25-21-18-14-15-19-23-27-32-40-48-56-70(2)3)68-94-98(86,87)92-64-74(81)65-93-99(88,89)95-69-76(67-91-78(83)61-53-45-39-38-42-50-58-72(6)7)97-80(85)63-55-47-37-31-33-41-49-57-71(4)5/h70-76,81H,9-69H2,1-8H3,(H,86,87)(H,88,89)/t73?,74-,75-,76-/m1/s1. The Balaban J connectivity index is 5.18. The third-order valence-electron chi connectivity index (χ3n) is 18.9. The SMILES string of the molecule is CCC(C)CCCCCCCCCCCCCCCCCCCCC(=O)O[C@H](COC(=O)CCCCCCCCCCCCCCCCCC(C)C)COP(=O)(O)OC[C@@H](O)COP(=O)(O)OC[C@@H](COC(=O)CCCCCCCCC(C)C)OC(=O)CCCCCCCCCC(C)C. The van der Waals surface area contributed by atoms with Gasteiger partial charge in [0.1, 0.15) is 19.3 Å². The molecule has 0 aliphatic heterocycles. The van der Waals surface area contributed by atoms with Crippen molar-refractivity contribution in [3.63, 3.8) is 0 Å². The Hall–Kier alpha value is -1.94. The minimum Gasteiger partial charge on any atom is -0.462 e. The maximum Gasteiger partial charge on any atom is 0.472 e. The van der Waals surface area contributed by atoms with Crippen molar-refractivity contribution in [3.05, 3.63) is 0 Å². The van der Waals surface area contributed by atoms with Crippen LogP contribution in [-0.4, -0.2) is 96.7 Å². The van der Waals surface area contributed by atoms with Crippen molar-refractivity contribution in [2.45, 2.75) is 427 Å². The van der Waals surface area contributed by atoms with Gasteiger partial charge in [-0.15, -0.1) is 0 Å². The lowest BCUT2D eigenvalue weighted by atomic mass is 9.99. The van der Waals surface area contributed by atoms with Crippen LogP contribution in [0.1, 0.15) is 409 Å². The van der Waals surface area contributed by atoms with Crippen LogP contribution in [0.5, 0.6) is 0 Å². The molecule has 19 heteroatoms. The van der Waals surface area contributed by atoms with E-state index < -0.39 is 97.5 Å². The molecule has 0 aliphatic carbocycles. The number of unbranched alkanes of at least 4 members (excludes halogenated alkanes) is 42. The van der Waals surface area contributed by atoms with E-state index in [2.05, 4.69) is 55.4 Å². The summed E-state index contributed by atoms with van der Waals surface area (Å²) >= 11 is 0. The number of carbonyl (C=O) groups is 4. The number of ether oxygens (including phenoxy) is 4. The number of aliphatic hydroxyl groups is 1. The Morgan fingerprint density at radius 3 is 0.717 bits per heavy atom. The van der Waals surface area contributed by atoms with Crippen LogP contribution in [0.4, 0.5) is 0 Å². The van der Waals surface area contributed by atoms with Gasteiger partial charge in [0.25, 0.3) is 0 Å². The third kappa shape index (κ3) is 72.8. The van der Waals surface area contributed by atoms with Crippen molar-refractivity contribution in [1.29, 1.82) is 0 Å². The van der Waals surface area contributed by atoms with Gasteiger partial charge < -0.3 is 33.8 Å². The number of phosphoric ester groups is 2. The molecule has 3 unspecified atom stereocenters. The van der Waals surface area contributed by atoms with Crippen LogP contribution in [0.25, 0.3) is 0 Å². The van der Waals surface area contributed by atoms with E-state index in [9.17, 15) is 43.2 Å². The summed E-state index contributed by atoms with van der Waals surface area (Å²) in [6, 6.07) is 0. The predicted molar refractivity (Wildman–Crippen MR) is 404 cm³/mol. The lowest BCUT2D eigenvalue weighted by molar-refractivity contribution is -0.161. The number of hydrogen-bond donors (Lipinski definition) is 3. The average Bonchev–Trinajstić information content (AvgIpc) is 1.30. The fourth-order valence-corrected chi connectivity index (χ4v) is 13.8. The van der Waals surface area contributed by atoms with Gasteiger partial charge in [-0.1, -0.05) is 357 Å². The van der Waals surface area contributed by atoms with Crippen molar-refractivity contribution < 1.29 is 80.2 Å². The van der Waals surface area contributed by atoms with Crippen LogP contribution in [0, 0.1) is 23.7 Å². The lowest BCUT2D eigenvalue weighted by Gasteiger charge is -2.21. The second kappa shape index (κ2) is 69.1. The molecule has 0 bridgehead atoms. The largest absolute Gasteiger partial charge is 0.472 e. The predicted octanol–water partition coefficient (Wildman–Crippen LogP) is 23.6. The van der Waals surface area contributed by atoms with Gasteiger partial charge in [-0.3, -0.25) is 37.3 Å². The summed E-state index contributed by atoms with van der Waals surface area (Å²) in [5.41, 5.74) is 0. The molecule has 0 amide bonds. The second-order valence-corrected chi connectivity index (χ2v) is 33.4. The zero-order valence-electron chi connectivity index (χ0n) is 65.1. The van der Waals surface area contributed by atoms with Gasteiger partial charge >= 0.3 is 39.5 Å². The highest BCUT2D eigenvalue weighted by molar-refractivity contribution is 7.47. The van der Waals surface area contributed by atoms with E-state index in [0.29, 0.717) is 37.5 Å². The molecule has 0 radical (unpaired) electrons. The van der Waals surface area contributed by atoms with Gasteiger partial charge in [-0.25, -0.2) is 9.13 Å². The van der Waals surface area contributed by atoms with Gasteiger partial charge in [0.15, 0.2) is 12.2 Å². The smallest absolute Gasteiger partial charge is 0.462 e. The average molecular weight is 1450 g/mol. The van der Waals surface area contributed by atoms with Crippen LogP contribution in [0.3, 0.4) is 0 Å². The van der Waals surface area contributed by atoms with Crippen LogP contribution in [-0.2, 0) is 65.4 Å². The molecule has 0 aromatic carbocycles. The number of hydrogen-bond acceptors (Lipinski definition) is 15. The van der Waals surface area contributed by atoms with E-state index >= 15 is 0 Å². The third-order valence-corrected chi connectivity index (χ3v) is 20.8. The molecule has 17 nitrogen and oxygen atoms in total. The maximum atomic E-state index is 13.1. The molecule has 6 atom stereocenters. The first-order valence-corrected chi connectivity index (χ1v) is 44.2. The minimum absolute atomic E-state index is 0.102. The van der Waals surface area contributed by atoms with E-state index in [0.717, 1.165) is 108 Å². The molecule has 0 fully saturated rings. The quantitative estimate of drug-likeness (QED) is 0.0222. The van der Waals surface area contributed by atoms with Gasteiger partial charge in [-0.05, 0) is 49.4 Å². The second-order valence-electron chi connectivity index (χ2n) is 30.5. The highest BCUT2D eigenvalue weighted by atomic mass is 31.2. The van der Waals surface area contributed by atoms with E-state index in [1.807, 2.05) is 0 Å². The summed E-state index contributed by atoms with van der Waals surface area (Å²) in [5, 5.41) is 10.6. The number of esters is 4. The molecular formula is C80H156O17P2. The Morgan fingerprint density at radius 1 is 0.283 bits per heavy atom. The molecular weight excluding hydrogens is 1290 g/mol. The molecule has 3 N–H and O–H groups in total. The Bertz CT molecular complexity index is 1940. The minimum atomic E-state index is -4.96. The van der Waals surface area contributed by atoms with Gasteiger partial charge in [-0.2, -0.15) is 0 Å². The summed E-state index contributed by atoms with van der Waals surface area (Å²) in [4.78, 5) is 72.8. The normalized spacial score (nSPS) is 14.3. The molecule has 0 rings (SSSR count). The lowest BCUT2D eigenvalue weighted by Crippen LogP contribution is -2.30. The van der Waals surface area contributed by atoms with Crippen LogP contribution in [0.15, 0.2) is 0 Å². The van der Waals surface area contributed by atoms with Crippen LogP contribution < -0.4 is 0 Å². The van der Waals surface area contributed by atoms with Crippen molar-refractivity contribution in [1.82, 2.24) is 0 Å². The fraction of sp³-hybridized carbons (Fsp3) is 0.950. The first-order valence-electron chi connectivity index (χ1n) is 41.2. The molecule has 0 aromatic rings. The van der Waals surface area contributed by atoms with Gasteiger partial charge in [0, 0.05) is 25.7 Å². The van der Waals surface area contributed by atoms with Gasteiger partial charge in [0.2, 0.25) is 0 Å². The van der Waals surface area contributed by atoms with Crippen LogP contribution in [0.2, 0.25) is 0 Å². The molecule has 0 saturated heterocycles. The zero-order chi connectivity index (χ0) is 73.1. The molecule has 0 heterocycles. The fourth-order valence-electron chi connectivity index (χ4n) is 12.2. The summed E-state index contributed by atoms with van der Waals surface area (Å²) < 4.78 is 68.5. The first kappa shape index (κ1) is 97.1. The summed E-state index contributed by atoms with van der Waals surface area (Å²) in [6.45, 7) is 14.2. The number of carbonyl (C=O) groups excluding carboxylic acids is 4. The van der Waals surface area contributed by atoms with Crippen molar-refractivity contribution in [2.24, 2.45) is 23.7 Å². The Morgan fingerprint density at radius 2 is 0.485 bits per heavy atom. The van der Waals surface area contributed by atoms with Crippen LogP contribution >= 0.6 is 15.6 Å². The van der Waals surface area contributed by atoms with Gasteiger partial charge in [0.05, 0.1) is 26.4 Å². The maximum absolute atomic E-state index is 13.1. The summed E-state index contributed by atoms with van der Waals surface area (Å²) in [6.07, 6.45) is 55.9. The highest BCUT2D eigenvalue weighted by Crippen LogP contribution is 2.45. The topological polar surface area (TPSA) is 237 Å². The monoisotopic (exact) mass is 1450 g/mol. The number of aliphatic hydroxyl groups excluding tert-OH is 1. The van der Waals surface area contributed by atoms with E-state index in [4.69, 9.17) is 37.0 Å². The Kier molecular flexibility index (Phi) is 67.8. The molecule has 0 saturated carbocycles. The molecule has 588 valence electrons. The summed E-state index contributed by atoms with van der Waals surface area (Å²) in [5.74, 6) is 0.931. The van der Waals surface area contributed by atoms with E-state index in [-0.39, 0.29) is 25.7 Å².